The van der Waals surface area contributed by atoms with E-state index in [1.54, 1.807) is 0 Å². The maximum absolute atomic E-state index is 12.9. The third kappa shape index (κ3) is 8.05. The first-order chi connectivity index (χ1) is 12.3. The summed E-state index contributed by atoms with van der Waals surface area (Å²) in [5, 5.41) is 3.34. The average Bonchev–Trinajstić information content (AvgIpc) is 2.53. The number of rotatable bonds is 6. The Morgan fingerprint density at radius 1 is 1.19 bits per heavy atom. The van der Waals surface area contributed by atoms with E-state index >= 15 is 0 Å². The first-order valence-corrected chi connectivity index (χ1v) is 9.13. The molecule has 2 heterocycles. The zero-order chi connectivity index (χ0) is 19.2. The summed E-state index contributed by atoms with van der Waals surface area (Å²) >= 11 is 0. The number of piperazine rings is 1. The molecule has 1 fully saturated rings. The van der Waals surface area contributed by atoms with Crippen LogP contribution in [-0.2, 0) is 0 Å². The quantitative estimate of drug-likeness (QED) is 0.470. The van der Waals surface area contributed by atoms with E-state index in [0.29, 0.717) is 37.8 Å². The average molecular weight is 607 g/mol. The molecule has 8 heteroatoms. The Hall–Kier alpha value is -0.708. The van der Waals surface area contributed by atoms with Crippen molar-refractivity contribution in [3.05, 3.63) is 35.8 Å². The van der Waals surface area contributed by atoms with Gasteiger partial charge in [-0.25, -0.2) is 4.99 Å². The van der Waals surface area contributed by atoms with Crippen molar-refractivity contribution in [1.29, 1.82) is 0 Å². The molecule has 0 radical (unpaired) electrons. The Kier molecular flexibility index (Phi) is 10.2. The Bertz CT molecular complexity index is 574. The van der Waals surface area contributed by atoms with Gasteiger partial charge in [0.1, 0.15) is 5.82 Å². The van der Waals surface area contributed by atoms with Crippen LogP contribution in [0.1, 0.15) is 33.1 Å². The molecule has 0 aliphatic carbocycles. The van der Waals surface area contributed by atoms with Crippen LogP contribution in [0.3, 0.4) is 0 Å². The summed E-state index contributed by atoms with van der Waals surface area (Å²) in [5.74, 6) is 0.625. The van der Waals surface area contributed by atoms with Crippen molar-refractivity contribution in [2.24, 2.45) is 4.99 Å². The van der Waals surface area contributed by atoms with E-state index in [-0.39, 0.29) is 31.1 Å². The molecule has 150 valence electrons. The predicted molar refractivity (Wildman–Crippen MR) is 98.7 cm³/mol. The van der Waals surface area contributed by atoms with Crippen LogP contribution in [0.25, 0.3) is 0 Å². The van der Waals surface area contributed by atoms with Crippen LogP contribution in [0.5, 0.6) is 0 Å². The van der Waals surface area contributed by atoms with Gasteiger partial charge in [0.05, 0.1) is 5.57 Å². The fraction of sp³-hybridized carbons (Fsp3) is 0.632. The summed E-state index contributed by atoms with van der Waals surface area (Å²) in [6.45, 7) is 14.1. The van der Waals surface area contributed by atoms with Gasteiger partial charge in [-0.05, 0) is 31.9 Å². The molecule has 2 rings (SSSR count). The summed E-state index contributed by atoms with van der Waals surface area (Å²) in [7, 11) is 0. The number of nitrogens with zero attached hydrogens (tertiary/aromatic N) is 3. The van der Waals surface area contributed by atoms with Gasteiger partial charge >= 0.3 is 6.18 Å². The Balaban J connectivity index is 0.00000364. The van der Waals surface area contributed by atoms with Crippen LogP contribution in [0.4, 0.5) is 13.2 Å². The summed E-state index contributed by atoms with van der Waals surface area (Å²) in [6.07, 6.45) is 1.42. The van der Waals surface area contributed by atoms with E-state index in [4.69, 9.17) is 6.58 Å². The standard InChI is InChI=1S/C19H28F3N4.U/c1-15(2)23-9-8-16(3)25-10-12-26(13-11-25)18-7-5-4-6-17(14-24-18)19(20,21)22;/h3,6-7,14-15,23H,4-5,8-13H2,1-2H3;/q-1;/b17-6?,18-7+,24-14?;. The van der Waals surface area contributed by atoms with Gasteiger partial charge in [-0.2, -0.15) is 18.9 Å². The number of allylic oxidation sites excluding steroid dienone is 3. The molecule has 0 aromatic rings. The predicted octanol–water partition coefficient (Wildman–Crippen LogP) is 3.50. The van der Waals surface area contributed by atoms with Crippen LogP contribution in [0, 0.1) is 37.7 Å². The second-order valence-corrected chi connectivity index (χ2v) is 6.88. The fourth-order valence-corrected chi connectivity index (χ4v) is 2.96. The zero-order valence-corrected chi connectivity index (χ0v) is 20.2. The van der Waals surface area contributed by atoms with E-state index in [1.807, 2.05) is 11.0 Å². The van der Waals surface area contributed by atoms with Crippen molar-refractivity contribution in [2.75, 3.05) is 32.7 Å². The minimum Gasteiger partial charge on any atom is -0.493 e. The van der Waals surface area contributed by atoms with E-state index in [0.717, 1.165) is 38.0 Å². The minimum atomic E-state index is -4.35. The minimum absolute atomic E-state index is 0. The topological polar surface area (TPSA) is 30.9 Å². The molecule has 0 atom stereocenters. The normalized spacial score (nSPS) is 20.4. The SMILES string of the molecule is [CH-]=C(CCNC(C)C)N1CCN(/C2=C/CCC=C(C(F)(F)F)C=N2)CC1.[U]. The maximum Gasteiger partial charge on any atom is 0.417 e. The number of hydrogen-bond donors (Lipinski definition) is 1. The van der Waals surface area contributed by atoms with Crippen LogP contribution < -0.4 is 5.32 Å². The molecule has 27 heavy (non-hydrogen) atoms. The van der Waals surface area contributed by atoms with Gasteiger partial charge in [0.25, 0.3) is 0 Å². The van der Waals surface area contributed by atoms with E-state index in [2.05, 4.69) is 29.1 Å². The first-order valence-electron chi connectivity index (χ1n) is 9.13. The molecular weight excluding hydrogens is 579 g/mol. The molecule has 1 saturated heterocycles. The van der Waals surface area contributed by atoms with Gasteiger partial charge in [-0.1, -0.05) is 19.9 Å². The van der Waals surface area contributed by atoms with Crippen molar-refractivity contribution >= 4 is 6.21 Å². The zero-order valence-electron chi connectivity index (χ0n) is 16.0. The van der Waals surface area contributed by atoms with Crippen molar-refractivity contribution in [1.82, 2.24) is 15.1 Å². The molecule has 2 aliphatic rings. The van der Waals surface area contributed by atoms with Crippen molar-refractivity contribution < 1.29 is 44.3 Å². The molecule has 0 saturated carbocycles. The number of aliphatic imine (C=N–C) groups is 1. The molecule has 0 aromatic carbocycles. The number of halogens is 3. The Morgan fingerprint density at radius 3 is 2.41 bits per heavy atom. The van der Waals surface area contributed by atoms with E-state index < -0.39 is 11.7 Å². The fourth-order valence-electron chi connectivity index (χ4n) is 2.96. The van der Waals surface area contributed by atoms with Crippen molar-refractivity contribution in [3.63, 3.8) is 0 Å². The van der Waals surface area contributed by atoms with Crippen molar-refractivity contribution in [2.45, 2.75) is 45.3 Å². The smallest absolute Gasteiger partial charge is 0.417 e. The van der Waals surface area contributed by atoms with Gasteiger partial charge < -0.3 is 21.7 Å². The third-order valence-corrected chi connectivity index (χ3v) is 4.46. The van der Waals surface area contributed by atoms with Gasteiger partial charge in [-0.3, -0.25) is 0 Å². The summed E-state index contributed by atoms with van der Waals surface area (Å²) in [6, 6.07) is 0.430. The van der Waals surface area contributed by atoms with Crippen LogP contribution in [-0.4, -0.2) is 61.0 Å². The second-order valence-electron chi connectivity index (χ2n) is 6.88. The Labute approximate surface area is 184 Å². The first kappa shape index (κ1) is 24.3. The molecule has 0 amide bonds. The molecule has 0 spiro atoms. The molecular formula is C19H28F3N4U-. The summed E-state index contributed by atoms with van der Waals surface area (Å²) in [5.41, 5.74) is 0.187. The van der Waals surface area contributed by atoms with E-state index in [9.17, 15) is 13.2 Å². The summed E-state index contributed by atoms with van der Waals surface area (Å²) in [4.78, 5) is 8.28. The molecule has 2 aliphatic heterocycles. The maximum atomic E-state index is 12.9. The molecule has 4 nitrogen and oxygen atoms in total. The van der Waals surface area contributed by atoms with Crippen molar-refractivity contribution in [3.8, 4) is 0 Å². The van der Waals surface area contributed by atoms with Gasteiger partial charge in [0, 0.05) is 69.5 Å². The molecule has 0 unspecified atom stereocenters. The third-order valence-electron chi connectivity index (χ3n) is 4.46. The van der Waals surface area contributed by atoms with Gasteiger partial charge in [0.2, 0.25) is 0 Å². The van der Waals surface area contributed by atoms with Crippen LogP contribution >= 0.6 is 0 Å². The van der Waals surface area contributed by atoms with Crippen LogP contribution in [0.2, 0.25) is 0 Å². The van der Waals surface area contributed by atoms with Gasteiger partial charge in [0.15, 0.2) is 0 Å². The van der Waals surface area contributed by atoms with Crippen LogP contribution in [0.15, 0.2) is 34.2 Å². The van der Waals surface area contributed by atoms with Gasteiger partial charge in [-0.15, -0.1) is 0 Å². The largest absolute Gasteiger partial charge is 0.493 e. The Morgan fingerprint density at radius 2 is 1.81 bits per heavy atom. The molecule has 0 aromatic heterocycles. The number of hydrogen-bond acceptors (Lipinski definition) is 4. The molecule has 1 N–H and O–H groups in total. The summed E-state index contributed by atoms with van der Waals surface area (Å²) < 4.78 is 38.7. The van der Waals surface area contributed by atoms with E-state index in [1.165, 1.54) is 6.08 Å². The molecule has 0 bridgehead atoms. The number of nitrogens with one attached hydrogen (secondary N) is 1. The second kappa shape index (κ2) is 11.3. The number of alkyl halides is 3. The monoisotopic (exact) mass is 607 g/mol.